The quantitative estimate of drug-likeness (QED) is 0.798. The summed E-state index contributed by atoms with van der Waals surface area (Å²) in [4.78, 5) is 1.51. The Kier molecular flexibility index (Phi) is 5.74. The molecule has 1 N–H and O–H groups in total. The molecule has 1 aliphatic rings. The average Bonchev–Trinajstić information content (AvgIpc) is 3.11. The van der Waals surface area contributed by atoms with Gasteiger partial charge < -0.3 is 10.1 Å². The van der Waals surface area contributed by atoms with E-state index in [1.54, 1.807) is 12.7 Å². The maximum absolute atomic E-state index is 5.41. The zero-order chi connectivity index (χ0) is 16.1. The van der Waals surface area contributed by atoms with Crippen molar-refractivity contribution in [2.24, 2.45) is 5.92 Å². The number of rotatable bonds is 7. The van der Waals surface area contributed by atoms with Crippen LogP contribution in [0.1, 0.15) is 41.2 Å². The number of hydrogen-bond acceptors (Lipinski definition) is 3. The predicted octanol–water partition coefficient (Wildman–Crippen LogP) is 4.65. The summed E-state index contributed by atoms with van der Waals surface area (Å²) >= 11 is 1.88. The lowest BCUT2D eigenvalue weighted by atomic mass is 9.74. The largest absolute Gasteiger partial charge is 0.497 e. The van der Waals surface area contributed by atoms with Gasteiger partial charge in [-0.05, 0) is 92.2 Å². The number of hydrogen-bond donors (Lipinski definition) is 1. The van der Waals surface area contributed by atoms with E-state index in [-0.39, 0.29) is 0 Å². The molecule has 1 heterocycles. The molecule has 23 heavy (non-hydrogen) atoms. The van der Waals surface area contributed by atoms with Crippen LogP contribution in [0.4, 0.5) is 0 Å². The Balaban J connectivity index is 1.77. The molecule has 0 saturated heterocycles. The van der Waals surface area contributed by atoms with E-state index in [1.807, 2.05) is 11.3 Å². The summed E-state index contributed by atoms with van der Waals surface area (Å²) in [5.41, 5.74) is 3.06. The van der Waals surface area contributed by atoms with Crippen LogP contribution in [0, 0.1) is 5.92 Å². The fraction of sp³-hybridized carbons (Fsp3) is 0.500. The molecule has 0 saturated carbocycles. The summed E-state index contributed by atoms with van der Waals surface area (Å²) in [6.45, 7) is 1.10. The third kappa shape index (κ3) is 3.96. The molecule has 2 nitrogen and oxygen atoms in total. The molecule has 1 aliphatic carbocycles. The minimum absolute atomic E-state index is 0.678. The fourth-order valence-electron chi connectivity index (χ4n) is 3.94. The van der Waals surface area contributed by atoms with Crippen molar-refractivity contribution in [1.29, 1.82) is 0 Å². The second-order valence-electron chi connectivity index (χ2n) is 6.50. The smallest absolute Gasteiger partial charge is 0.119 e. The third-order valence-electron chi connectivity index (χ3n) is 5.09. The molecule has 0 aliphatic heterocycles. The van der Waals surface area contributed by atoms with Gasteiger partial charge in [-0.1, -0.05) is 12.1 Å². The third-order valence-corrected chi connectivity index (χ3v) is 6.02. The van der Waals surface area contributed by atoms with E-state index in [4.69, 9.17) is 4.74 Å². The molecule has 0 fully saturated rings. The molecule has 124 valence electrons. The van der Waals surface area contributed by atoms with Crippen LogP contribution in [0.2, 0.25) is 0 Å². The SMILES string of the molecule is CNCC(CCc1cccs1)C1CCCc2cc(OC)ccc21. The minimum atomic E-state index is 0.678. The van der Waals surface area contributed by atoms with Crippen LogP contribution in [-0.4, -0.2) is 20.7 Å². The van der Waals surface area contributed by atoms with E-state index in [1.165, 1.54) is 42.5 Å². The second kappa shape index (κ2) is 7.98. The van der Waals surface area contributed by atoms with Gasteiger partial charge in [-0.3, -0.25) is 0 Å². The second-order valence-corrected chi connectivity index (χ2v) is 7.53. The van der Waals surface area contributed by atoms with Gasteiger partial charge in [-0.25, -0.2) is 0 Å². The van der Waals surface area contributed by atoms with Crippen molar-refractivity contribution in [3.8, 4) is 5.75 Å². The van der Waals surface area contributed by atoms with Crippen LogP contribution in [-0.2, 0) is 12.8 Å². The van der Waals surface area contributed by atoms with Gasteiger partial charge in [0.25, 0.3) is 0 Å². The Morgan fingerprint density at radius 1 is 1.35 bits per heavy atom. The van der Waals surface area contributed by atoms with E-state index in [9.17, 15) is 0 Å². The first-order valence-corrected chi connectivity index (χ1v) is 9.53. The van der Waals surface area contributed by atoms with Gasteiger partial charge in [0.05, 0.1) is 7.11 Å². The van der Waals surface area contributed by atoms with Gasteiger partial charge in [0.1, 0.15) is 5.75 Å². The Morgan fingerprint density at radius 3 is 3.00 bits per heavy atom. The normalized spacial score (nSPS) is 18.4. The lowest BCUT2D eigenvalue weighted by Crippen LogP contribution is -2.27. The van der Waals surface area contributed by atoms with Crippen molar-refractivity contribution in [3.63, 3.8) is 0 Å². The van der Waals surface area contributed by atoms with E-state index < -0.39 is 0 Å². The Hall–Kier alpha value is -1.32. The summed E-state index contributed by atoms with van der Waals surface area (Å²) in [5, 5.41) is 5.61. The van der Waals surface area contributed by atoms with Crippen LogP contribution >= 0.6 is 11.3 Å². The first-order valence-electron chi connectivity index (χ1n) is 8.65. The summed E-state index contributed by atoms with van der Waals surface area (Å²) in [6.07, 6.45) is 6.27. The molecule has 3 rings (SSSR count). The summed E-state index contributed by atoms with van der Waals surface area (Å²) in [7, 11) is 3.84. The molecule has 0 amide bonds. The summed E-state index contributed by atoms with van der Waals surface area (Å²) in [6, 6.07) is 11.1. The number of fused-ring (bicyclic) bond motifs is 1. The molecule has 2 aromatic rings. The van der Waals surface area contributed by atoms with E-state index >= 15 is 0 Å². The molecule has 0 spiro atoms. The number of thiophene rings is 1. The van der Waals surface area contributed by atoms with E-state index in [2.05, 4.69) is 48.1 Å². The average molecular weight is 330 g/mol. The topological polar surface area (TPSA) is 21.3 Å². The lowest BCUT2D eigenvalue weighted by molar-refractivity contribution is 0.347. The molecule has 0 radical (unpaired) electrons. The van der Waals surface area contributed by atoms with Crippen molar-refractivity contribution >= 4 is 11.3 Å². The number of nitrogens with one attached hydrogen (secondary N) is 1. The zero-order valence-electron chi connectivity index (χ0n) is 14.2. The molecule has 2 atom stereocenters. The summed E-state index contributed by atoms with van der Waals surface area (Å²) < 4.78 is 5.41. The van der Waals surface area contributed by atoms with Gasteiger partial charge in [0.2, 0.25) is 0 Å². The number of ether oxygens (including phenoxy) is 1. The Morgan fingerprint density at radius 2 is 2.26 bits per heavy atom. The molecule has 1 aromatic carbocycles. The zero-order valence-corrected chi connectivity index (χ0v) is 15.0. The monoisotopic (exact) mass is 329 g/mol. The molecule has 0 bridgehead atoms. The predicted molar refractivity (Wildman–Crippen MR) is 98.7 cm³/mol. The van der Waals surface area contributed by atoms with Gasteiger partial charge in [0.15, 0.2) is 0 Å². The number of benzene rings is 1. The maximum atomic E-state index is 5.41. The Labute approximate surface area is 143 Å². The summed E-state index contributed by atoms with van der Waals surface area (Å²) in [5.74, 6) is 2.37. The highest BCUT2D eigenvalue weighted by Crippen LogP contribution is 2.40. The van der Waals surface area contributed by atoms with Crippen molar-refractivity contribution in [1.82, 2.24) is 5.32 Å². The molecule has 2 unspecified atom stereocenters. The van der Waals surface area contributed by atoms with E-state index in [0.29, 0.717) is 11.8 Å². The lowest BCUT2D eigenvalue weighted by Gasteiger charge is -2.33. The highest BCUT2D eigenvalue weighted by atomic mass is 32.1. The minimum Gasteiger partial charge on any atom is -0.497 e. The van der Waals surface area contributed by atoms with Crippen LogP contribution in [0.15, 0.2) is 35.7 Å². The number of aryl methyl sites for hydroxylation is 2. The first-order chi connectivity index (χ1) is 11.3. The van der Waals surface area contributed by atoms with Crippen molar-refractivity contribution in [2.45, 2.75) is 38.0 Å². The molecule has 3 heteroatoms. The standard InChI is InChI=1S/C20H27NOS/c1-21-14-16(8-10-18-6-4-12-23-18)19-7-3-5-15-13-17(22-2)9-11-20(15)19/h4,6,9,11-13,16,19,21H,3,5,7-8,10,14H2,1-2H3. The van der Waals surface area contributed by atoms with Crippen LogP contribution in [0.25, 0.3) is 0 Å². The van der Waals surface area contributed by atoms with Gasteiger partial charge in [-0.2, -0.15) is 0 Å². The van der Waals surface area contributed by atoms with Gasteiger partial charge in [0, 0.05) is 4.88 Å². The fourth-order valence-corrected chi connectivity index (χ4v) is 4.66. The van der Waals surface area contributed by atoms with Gasteiger partial charge >= 0.3 is 0 Å². The first kappa shape index (κ1) is 16.5. The maximum Gasteiger partial charge on any atom is 0.119 e. The highest BCUT2D eigenvalue weighted by molar-refractivity contribution is 7.09. The highest BCUT2D eigenvalue weighted by Gasteiger charge is 2.27. The number of methoxy groups -OCH3 is 1. The van der Waals surface area contributed by atoms with Crippen LogP contribution in [0.3, 0.4) is 0 Å². The molecule has 1 aromatic heterocycles. The molecular formula is C20H27NOS. The van der Waals surface area contributed by atoms with Crippen molar-refractivity contribution in [3.05, 3.63) is 51.7 Å². The van der Waals surface area contributed by atoms with Crippen molar-refractivity contribution < 1.29 is 4.74 Å². The van der Waals surface area contributed by atoms with E-state index in [0.717, 1.165) is 12.3 Å². The Bertz CT molecular complexity index is 608. The van der Waals surface area contributed by atoms with Crippen LogP contribution in [0.5, 0.6) is 5.75 Å². The molecular weight excluding hydrogens is 302 g/mol. The van der Waals surface area contributed by atoms with Crippen LogP contribution < -0.4 is 10.1 Å². The van der Waals surface area contributed by atoms with Crippen molar-refractivity contribution in [2.75, 3.05) is 20.7 Å². The van der Waals surface area contributed by atoms with Gasteiger partial charge in [-0.15, -0.1) is 11.3 Å².